The number of hydrogen-bond donors (Lipinski definition) is 1. The first-order chi connectivity index (χ1) is 13.8. The summed E-state index contributed by atoms with van der Waals surface area (Å²) in [6, 6.07) is 14.1. The van der Waals surface area contributed by atoms with Gasteiger partial charge < -0.3 is 4.74 Å². The molecule has 0 atom stereocenters. The molecule has 7 heteroatoms. The predicted octanol–water partition coefficient (Wildman–Crippen LogP) is 3.15. The standard InChI is InChI=1S/C22H23N3O4/c1-14(2)21-23-19-10-5-4-9-18(19)22(28)25(21)24-20(27)12-11-16-7-6-8-17(13-16)29-15(3)26/h4-10,13-14H,11-12H2,1-3H3,(H,24,27). The zero-order valence-electron chi connectivity index (χ0n) is 16.6. The number of nitrogens with zero attached hydrogens (tertiary/aromatic N) is 2. The summed E-state index contributed by atoms with van der Waals surface area (Å²) in [5.41, 5.74) is 3.84. The van der Waals surface area contributed by atoms with Crippen molar-refractivity contribution in [2.75, 3.05) is 5.43 Å². The second-order valence-electron chi connectivity index (χ2n) is 7.06. The van der Waals surface area contributed by atoms with Gasteiger partial charge in [0, 0.05) is 19.3 Å². The van der Waals surface area contributed by atoms with Gasteiger partial charge in [-0.15, -0.1) is 0 Å². The fourth-order valence-corrected chi connectivity index (χ4v) is 3.01. The first-order valence-corrected chi connectivity index (χ1v) is 9.44. The molecule has 3 rings (SSSR count). The van der Waals surface area contributed by atoms with E-state index in [1.165, 1.54) is 11.6 Å². The third-order valence-corrected chi connectivity index (χ3v) is 4.36. The van der Waals surface area contributed by atoms with Crippen LogP contribution >= 0.6 is 0 Å². The zero-order chi connectivity index (χ0) is 21.0. The summed E-state index contributed by atoms with van der Waals surface area (Å²) in [7, 11) is 0. The van der Waals surface area contributed by atoms with Crippen molar-refractivity contribution in [2.24, 2.45) is 0 Å². The van der Waals surface area contributed by atoms with E-state index < -0.39 is 5.97 Å². The molecule has 0 aliphatic rings. The van der Waals surface area contributed by atoms with E-state index >= 15 is 0 Å². The van der Waals surface area contributed by atoms with Crippen LogP contribution in [0.15, 0.2) is 53.3 Å². The molecular weight excluding hydrogens is 370 g/mol. The normalized spacial score (nSPS) is 10.9. The van der Waals surface area contributed by atoms with E-state index in [-0.39, 0.29) is 23.8 Å². The third-order valence-electron chi connectivity index (χ3n) is 4.36. The lowest BCUT2D eigenvalue weighted by Gasteiger charge is -2.16. The minimum absolute atomic E-state index is 0.0481. The summed E-state index contributed by atoms with van der Waals surface area (Å²) in [4.78, 5) is 41.0. The molecule has 1 aromatic heterocycles. The van der Waals surface area contributed by atoms with Crippen LogP contribution in [0.25, 0.3) is 10.9 Å². The number of fused-ring (bicyclic) bond motifs is 1. The van der Waals surface area contributed by atoms with Crippen molar-refractivity contribution < 1.29 is 14.3 Å². The van der Waals surface area contributed by atoms with Gasteiger partial charge in [0.1, 0.15) is 11.6 Å². The Morgan fingerprint density at radius 3 is 2.62 bits per heavy atom. The van der Waals surface area contributed by atoms with E-state index in [0.717, 1.165) is 5.56 Å². The Labute approximate surface area is 168 Å². The number of nitrogens with one attached hydrogen (secondary N) is 1. The summed E-state index contributed by atoms with van der Waals surface area (Å²) in [6.07, 6.45) is 0.605. The number of aromatic nitrogens is 2. The second kappa shape index (κ2) is 8.68. The molecule has 0 aliphatic heterocycles. The number of amides is 1. The molecule has 1 N–H and O–H groups in total. The summed E-state index contributed by atoms with van der Waals surface area (Å²) >= 11 is 0. The zero-order valence-corrected chi connectivity index (χ0v) is 16.6. The molecular formula is C22H23N3O4. The summed E-state index contributed by atoms with van der Waals surface area (Å²) < 4.78 is 6.30. The topological polar surface area (TPSA) is 90.3 Å². The molecule has 1 heterocycles. The van der Waals surface area contributed by atoms with Crippen molar-refractivity contribution in [3.8, 4) is 5.75 Å². The molecule has 150 valence electrons. The monoisotopic (exact) mass is 393 g/mol. The summed E-state index contributed by atoms with van der Waals surface area (Å²) in [5, 5.41) is 0.450. The molecule has 0 aliphatic carbocycles. The highest BCUT2D eigenvalue weighted by Crippen LogP contribution is 2.16. The highest BCUT2D eigenvalue weighted by Gasteiger charge is 2.15. The van der Waals surface area contributed by atoms with E-state index in [4.69, 9.17) is 4.74 Å². The Kier molecular flexibility index (Phi) is 6.07. The first-order valence-electron chi connectivity index (χ1n) is 9.44. The fraction of sp³-hybridized carbons (Fsp3) is 0.273. The predicted molar refractivity (Wildman–Crippen MR) is 111 cm³/mol. The van der Waals surface area contributed by atoms with Crippen LogP contribution in [0.3, 0.4) is 0 Å². The van der Waals surface area contributed by atoms with E-state index in [9.17, 15) is 14.4 Å². The van der Waals surface area contributed by atoms with Gasteiger partial charge in [0.15, 0.2) is 0 Å². The average Bonchev–Trinajstić information content (AvgIpc) is 2.68. The molecule has 7 nitrogen and oxygen atoms in total. The lowest BCUT2D eigenvalue weighted by atomic mass is 10.1. The van der Waals surface area contributed by atoms with Crippen LogP contribution in [0.5, 0.6) is 5.75 Å². The number of carbonyl (C=O) groups excluding carboxylic acids is 2. The van der Waals surface area contributed by atoms with E-state index in [0.29, 0.717) is 28.9 Å². The minimum atomic E-state index is -0.399. The number of rotatable bonds is 6. The number of hydrogen-bond acceptors (Lipinski definition) is 5. The fourth-order valence-electron chi connectivity index (χ4n) is 3.01. The van der Waals surface area contributed by atoms with Gasteiger partial charge in [-0.25, -0.2) is 9.66 Å². The van der Waals surface area contributed by atoms with Gasteiger partial charge in [-0.2, -0.15) is 0 Å². The second-order valence-corrected chi connectivity index (χ2v) is 7.06. The first kappa shape index (κ1) is 20.3. The molecule has 0 unspecified atom stereocenters. The highest BCUT2D eigenvalue weighted by molar-refractivity contribution is 5.85. The van der Waals surface area contributed by atoms with Crippen molar-refractivity contribution >= 4 is 22.8 Å². The van der Waals surface area contributed by atoms with Crippen LogP contribution < -0.4 is 15.7 Å². The molecule has 2 aromatic carbocycles. The van der Waals surface area contributed by atoms with Gasteiger partial charge in [-0.1, -0.05) is 38.1 Å². The Morgan fingerprint density at radius 2 is 1.90 bits per heavy atom. The molecule has 1 amide bonds. The van der Waals surface area contributed by atoms with Crippen molar-refractivity contribution in [3.05, 3.63) is 70.3 Å². The van der Waals surface area contributed by atoms with E-state index in [1.54, 1.807) is 36.4 Å². The maximum Gasteiger partial charge on any atom is 0.308 e. The molecule has 0 saturated heterocycles. The maximum atomic E-state index is 12.9. The van der Waals surface area contributed by atoms with Crippen molar-refractivity contribution in [2.45, 2.75) is 39.5 Å². The van der Waals surface area contributed by atoms with Gasteiger partial charge in [-0.3, -0.25) is 19.8 Å². The number of ether oxygens (including phenoxy) is 1. The molecule has 0 radical (unpaired) electrons. The molecule has 29 heavy (non-hydrogen) atoms. The third kappa shape index (κ3) is 4.87. The van der Waals surface area contributed by atoms with Crippen LogP contribution in [-0.4, -0.2) is 21.5 Å². The number of carbonyl (C=O) groups is 2. The van der Waals surface area contributed by atoms with Gasteiger partial charge in [-0.05, 0) is 36.2 Å². The van der Waals surface area contributed by atoms with E-state index in [1.807, 2.05) is 26.0 Å². The molecule has 0 fully saturated rings. The molecule has 0 saturated carbocycles. The molecule has 0 bridgehead atoms. The number of para-hydroxylation sites is 1. The van der Waals surface area contributed by atoms with E-state index in [2.05, 4.69) is 10.4 Å². The minimum Gasteiger partial charge on any atom is -0.427 e. The Bertz CT molecular complexity index is 1120. The summed E-state index contributed by atoms with van der Waals surface area (Å²) in [6.45, 7) is 5.17. The van der Waals surface area contributed by atoms with Crippen LogP contribution in [0.2, 0.25) is 0 Å². The van der Waals surface area contributed by atoms with Crippen LogP contribution in [0.1, 0.15) is 44.5 Å². The van der Waals surface area contributed by atoms with Crippen molar-refractivity contribution in [3.63, 3.8) is 0 Å². The number of esters is 1. The summed E-state index contributed by atoms with van der Waals surface area (Å²) in [5.74, 6) is 0.188. The van der Waals surface area contributed by atoms with Crippen molar-refractivity contribution in [1.29, 1.82) is 0 Å². The Hall–Kier alpha value is -3.48. The Morgan fingerprint density at radius 1 is 1.14 bits per heavy atom. The average molecular weight is 393 g/mol. The Balaban J connectivity index is 1.78. The smallest absolute Gasteiger partial charge is 0.308 e. The van der Waals surface area contributed by atoms with Crippen LogP contribution in [0.4, 0.5) is 0 Å². The maximum absolute atomic E-state index is 12.9. The SMILES string of the molecule is CC(=O)Oc1cccc(CCC(=O)Nn2c(C(C)C)nc3ccccc3c2=O)c1. The molecule has 3 aromatic rings. The van der Waals surface area contributed by atoms with Crippen molar-refractivity contribution in [1.82, 2.24) is 9.66 Å². The van der Waals surface area contributed by atoms with Crippen LogP contribution in [0, 0.1) is 0 Å². The van der Waals surface area contributed by atoms with Gasteiger partial charge in [0.25, 0.3) is 5.56 Å². The number of benzene rings is 2. The van der Waals surface area contributed by atoms with Crippen LogP contribution in [-0.2, 0) is 16.0 Å². The van der Waals surface area contributed by atoms with Gasteiger partial charge >= 0.3 is 5.97 Å². The van der Waals surface area contributed by atoms with Gasteiger partial charge in [0.05, 0.1) is 10.9 Å². The highest BCUT2D eigenvalue weighted by atomic mass is 16.5. The largest absolute Gasteiger partial charge is 0.427 e. The quantitative estimate of drug-likeness (QED) is 0.513. The lowest BCUT2D eigenvalue weighted by molar-refractivity contribution is -0.131. The molecule has 0 spiro atoms. The number of aryl methyl sites for hydroxylation is 1. The lowest BCUT2D eigenvalue weighted by Crippen LogP contribution is -2.36. The van der Waals surface area contributed by atoms with Gasteiger partial charge in [0.2, 0.25) is 5.91 Å².